The van der Waals surface area contributed by atoms with Crippen molar-refractivity contribution >= 4 is 39.1 Å². The molecule has 136 valence electrons. The number of quaternary nitrogens is 1. The third kappa shape index (κ3) is 3.56. The summed E-state index contributed by atoms with van der Waals surface area (Å²) < 4.78 is 13.1. The number of aromatic nitrogens is 2. The molecule has 2 aromatic heterocycles. The zero-order chi connectivity index (χ0) is 18.1. The van der Waals surface area contributed by atoms with E-state index in [4.69, 9.17) is 9.97 Å². The van der Waals surface area contributed by atoms with Crippen LogP contribution in [-0.4, -0.2) is 30.1 Å². The summed E-state index contributed by atoms with van der Waals surface area (Å²) in [4.78, 5) is 13.7. The van der Waals surface area contributed by atoms with E-state index in [-0.39, 0.29) is 5.82 Å². The lowest BCUT2D eigenvalue weighted by molar-refractivity contribution is -0.895. The van der Waals surface area contributed by atoms with Crippen molar-refractivity contribution in [1.82, 2.24) is 9.97 Å². The van der Waals surface area contributed by atoms with Gasteiger partial charge in [-0.25, -0.2) is 14.4 Å². The Labute approximate surface area is 160 Å². The summed E-state index contributed by atoms with van der Waals surface area (Å²) in [6, 6.07) is 6.62. The molecule has 1 atom stereocenters. The highest BCUT2D eigenvalue weighted by molar-refractivity contribution is 7.98. The minimum absolute atomic E-state index is 0.206. The summed E-state index contributed by atoms with van der Waals surface area (Å²) in [7, 11) is 2.24. The molecule has 1 aromatic carbocycles. The normalized spacial score (nSPS) is 16.7. The topological polar surface area (TPSA) is 42.2 Å². The second-order valence-electron chi connectivity index (χ2n) is 6.62. The molecular weight excluding hydrogens is 367 g/mol. The zero-order valence-corrected chi connectivity index (χ0v) is 16.6. The van der Waals surface area contributed by atoms with Crippen molar-refractivity contribution in [3.63, 3.8) is 0 Å². The first-order valence-electron chi connectivity index (χ1n) is 8.88. The highest BCUT2D eigenvalue weighted by Crippen LogP contribution is 2.37. The lowest BCUT2D eigenvalue weighted by atomic mass is 10.1. The fourth-order valence-corrected chi connectivity index (χ4v) is 5.47. The second kappa shape index (κ2) is 7.50. The lowest BCUT2D eigenvalue weighted by Gasteiger charge is -2.19. The van der Waals surface area contributed by atoms with Gasteiger partial charge in [-0.1, -0.05) is 23.9 Å². The van der Waals surface area contributed by atoms with Crippen LogP contribution in [0.15, 0.2) is 29.4 Å². The molecular formula is C19H22FN4S2+. The molecule has 0 fully saturated rings. The summed E-state index contributed by atoms with van der Waals surface area (Å²) in [6.45, 7) is 5.16. The average molecular weight is 390 g/mol. The third-order valence-corrected chi connectivity index (χ3v) is 6.65. The van der Waals surface area contributed by atoms with Crippen LogP contribution >= 0.6 is 23.1 Å². The molecule has 0 spiro atoms. The fourth-order valence-electron chi connectivity index (χ4n) is 3.28. The molecule has 2 N–H and O–H groups in total. The number of thioether (sulfide) groups is 1. The molecule has 0 saturated heterocycles. The monoisotopic (exact) mass is 389 g/mol. The number of likely N-dealkylation sites (N-methyl/N-ethyl adjacent to an activating group) is 1. The van der Waals surface area contributed by atoms with E-state index in [0.29, 0.717) is 0 Å². The first kappa shape index (κ1) is 17.7. The predicted molar refractivity (Wildman–Crippen MR) is 107 cm³/mol. The van der Waals surface area contributed by atoms with Crippen molar-refractivity contribution in [3.05, 3.63) is 46.1 Å². The van der Waals surface area contributed by atoms with Crippen molar-refractivity contribution in [2.24, 2.45) is 0 Å². The number of thiophene rings is 1. The number of halogens is 1. The van der Waals surface area contributed by atoms with Crippen molar-refractivity contribution in [1.29, 1.82) is 0 Å². The standard InChI is InChI=1S/C19H21FN4S2/c1-3-21-17-16-14-8-9-24(2)10-15(14)26-18(16)23-19(22-17)25-11-12-4-6-13(20)7-5-12/h4-7H,3,8-11H2,1-2H3,(H,21,22,23)/p+1. The maximum atomic E-state index is 13.1. The van der Waals surface area contributed by atoms with E-state index in [0.717, 1.165) is 53.2 Å². The molecule has 0 radical (unpaired) electrons. The van der Waals surface area contributed by atoms with Crippen LogP contribution in [0, 0.1) is 5.82 Å². The summed E-state index contributed by atoms with van der Waals surface area (Å²) in [5.74, 6) is 1.48. The summed E-state index contributed by atoms with van der Waals surface area (Å²) >= 11 is 3.40. The van der Waals surface area contributed by atoms with Gasteiger partial charge in [-0.3, -0.25) is 0 Å². The Kier molecular flexibility index (Phi) is 5.11. The molecule has 1 aliphatic rings. The van der Waals surface area contributed by atoms with Crippen LogP contribution in [0.4, 0.5) is 10.2 Å². The molecule has 4 rings (SSSR count). The first-order valence-corrected chi connectivity index (χ1v) is 10.7. The predicted octanol–water partition coefficient (Wildman–Crippen LogP) is 3.13. The molecule has 0 amide bonds. The number of hydrogen-bond acceptors (Lipinski definition) is 5. The number of hydrogen-bond donors (Lipinski definition) is 2. The van der Waals surface area contributed by atoms with Crippen molar-refractivity contribution in [2.75, 3.05) is 25.5 Å². The van der Waals surface area contributed by atoms with Crippen LogP contribution in [0.3, 0.4) is 0 Å². The molecule has 0 bridgehead atoms. The zero-order valence-electron chi connectivity index (χ0n) is 14.9. The van der Waals surface area contributed by atoms with Crippen LogP contribution in [0.2, 0.25) is 0 Å². The van der Waals surface area contributed by atoms with Gasteiger partial charge < -0.3 is 10.2 Å². The molecule has 3 aromatic rings. The van der Waals surface area contributed by atoms with E-state index in [2.05, 4.69) is 19.3 Å². The molecule has 0 aliphatic carbocycles. The lowest BCUT2D eigenvalue weighted by Crippen LogP contribution is -3.08. The third-order valence-electron chi connectivity index (χ3n) is 4.60. The van der Waals surface area contributed by atoms with Crippen molar-refractivity contribution in [2.45, 2.75) is 30.8 Å². The molecule has 26 heavy (non-hydrogen) atoms. The van der Waals surface area contributed by atoms with Crippen LogP contribution in [0.5, 0.6) is 0 Å². The maximum absolute atomic E-state index is 13.1. The Balaban J connectivity index is 1.66. The van der Waals surface area contributed by atoms with E-state index < -0.39 is 0 Å². The van der Waals surface area contributed by atoms with Crippen LogP contribution in [0.1, 0.15) is 22.9 Å². The van der Waals surface area contributed by atoms with E-state index in [1.807, 2.05) is 12.1 Å². The van der Waals surface area contributed by atoms with E-state index in [9.17, 15) is 4.39 Å². The van der Waals surface area contributed by atoms with Gasteiger partial charge in [0.2, 0.25) is 0 Å². The summed E-state index contributed by atoms with van der Waals surface area (Å²) in [6.07, 6.45) is 1.09. The maximum Gasteiger partial charge on any atom is 0.191 e. The fraction of sp³-hybridized carbons (Fsp3) is 0.368. The first-order chi connectivity index (χ1) is 12.6. The van der Waals surface area contributed by atoms with Crippen LogP contribution in [0.25, 0.3) is 10.2 Å². The number of nitrogens with zero attached hydrogens (tertiary/aromatic N) is 2. The van der Waals surface area contributed by atoms with E-state index >= 15 is 0 Å². The number of rotatable bonds is 5. The highest BCUT2D eigenvalue weighted by atomic mass is 32.2. The minimum atomic E-state index is -0.206. The molecule has 1 aliphatic heterocycles. The van der Waals surface area contributed by atoms with Gasteiger partial charge in [0, 0.05) is 18.7 Å². The minimum Gasteiger partial charge on any atom is -0.370 e. The Morgan fingerprint density at radius 3 is 2.85 bits per heavy atom. The Bertz CT molecular complexity index is 923. The molecule has 4 nitrogen and oxygen atoms in total. The van der Waals surface area contributed by atoms with Gasteiger partial charge in [-0.2, -0.15) is 0 Å². The van der Waals surface area contributed by atoms with Gasteiger partial charge in [-0.05, 0) is 30.2 Å². The number of anilines is 1. The Morgan fingerprint density at radius 2 is 2.08 bits per heavy atom. The molecule has 1 unspecified atom stereocenters. The average Bonchev–Trinajstić information content (AvgIpc) is 2.99. The smallest absolute Gasteiger partial charge is 0.191 e. The van der Waals surface area contributed by atoms with Crippen LogP contribution < -0.4 is 10.2 Å². The molecule has 3 heterocycles. The number of nitrogens with one attached hydrogen (secondary N) is 2. The Morgan fingerprint density at radius 1 is 1.27 bits per heavy atom. The van der Waals surface area contributed by atoms with Gasteiger partial charge >= 0.3 is 0 Å². The van der Waals surface area contributed by atoms with Crippen molar-refractivity contribution in [3.8, 4) is 0 Å². The van der Waals surface area contributed by atoms with Gasteiger partial charge in [0.15, 0.2) is 5.16 Å². The quantitative estimate of drug-likeness (QED) is 0.520. The highest BCUT2D eigenvalue weighted by Gasteiger charge is 2.25. The van der Waals surface area contributed by atoms with Crippen molar-refractivity contribution < 1.29 is 9.29 Å². The molecule has 0 saturated carbocycles. The SMILES string of the molecule is CCNc1nc(SCc2ccc(F)cc2)nc2sc3c(c12)CC[NH+](C)C3. The van der Waals surface area contributed by atoms with Gasteiger partial charge in [-0.15, -0.1) is 11.3 Å². The van der Waals surface area contributed by atoms with E-state index in [1.54, 1.807) is 28.0 Å². The second-order valence-corrected chi connectivity index (χ2v) is 8.64. The van der Waals surface area contributed by atoms with E-state index in [1.165, 1.54) is 28.0 Å². The Hall–Kier alpha value is -1.70. The summed E-state index contributed by atoms with van der Waals surface area (Å²) in [5, 5.41) is 5.42. The number of benzene rings is 1. The van der Waals surface area contributed by atoms with Gasteiger partial charge in [0.1, 0.15) is 23.0 Å². The van der Waals surface area contributed by atoms with Gasteiger partial charge in [0.05, 0.1) is 23.9 Å². The number of fused-ring (bicyclic) bond motifs is 3. The molecule has 7 heteroatoms. The summed E-state index contributed by atoms with van der Waals surface area (Å²) in [5.41, 5.74) is 2.50. The largest absolute Gasteiger partial charge is 0.370 e. The van der Waals surface area contributed by atoms with Gasteiger partial charge in [0.25, 0.3) is 0 Å². The van der Waals surface area contributed by atoms with Crippen LogP contribution in [-0.2, 0) is 18.7 Å².